The molecule has 1 aromatic carbocycles. The van der Waals surface area contributed by atoms with Crippen molar-refractivity contribution in [1.82, 2.24) is 5.32 Å². The fraction of sp³-hybridized carbons (Fsp3) is 0.538. The van der Waals surface area contributed by atoms with Crippen molar-refractivity contribution < 1.29 is 13.2 Å². The van der Waals surface area contributed by atoms with Crippen molar-refractivity contribution in [1.29, 1.82) is 0 Å². The topological polar surface area (TPSA) is 12.0 Å². The molecule has 1 atom stereocenters. The van der Waals surface area contributed by atoms with Crippen molar-refractivity contribution in [2.24, 2.45) is 0 Å². The minimum absolute atomic E-state index is 0.0529. The largest absolute Gasteiger partial charge is 0.416 e. The van der Waals surface area contributed by atoms with Gasteiger partial charge in [-0.2, -0.15) is 13.2 Å². The molecule has 0 amide bonds. The summed E-state index contributed by atoms with van der Waals surface area (Å²) in [6.45, 7) is 4.65. The minimum atomic E-state index is -4.26. The lowest BCUT2D eigenvalue weighted by atomic mass is 9.88. The Bertz CT molecular complexity index is 409. The molecule has 4 heteroatoms. The second kappa shape index (κ2) is 4.02. The van der Waals surface area contributed by atoms with E-state index in [9.17, 15) is 13.2 Å². The van der Waals surface area contributed by atoms with E-state index >= 15 is 0 Å². The van der Waals surface area contributed by atoms with Crippen LogP contribution in [0.4, 0.5) is 13.2 Å². The summed E-state index contributed by atoms with van der Waals surface area (Å²) in [5.41, 5.74) is -0.161. The number of nitrogens with one attached hydrogen (secondary N) is 1. The second-order valence-electron chi connectivity index (χ2n) is 5.25. The van der Waals surface area contributed by atoms with E-state index in [0.717, 1.165) is 6.42 Å². The van der Waals surface area contributed by atoms with Gasteiger partial charge in [0, 0.05) is 12.1 Å². The Morgan fingerprint density at radius 1 is 1.24 bits per heavy atom. The van der Waals surface area contributed by atoms with Crippen LogP contribution < -0.4 is 5.32 Å². The van der Waals surface area contributed by atoms with E-state index in [4.69, 9.17) is 0 Å². The van der Waals surface area contributed by atoms with E-state index in [-0.39, 0.29) is 11.5 Å². The van der Waals surface area contributed by atoms with Crippen LogP contribution in [0.15, 0.2) is 24.3 Å². The SMILES string of the molecule is CC1(C)CC(c2ccccc2C(F)(F)F)CN1. The molecule has 0 radical (unpaired) electrons. The number of halogens is 3. The number of hydrogen-bond acceptors (Lipinski definition) is 1. The molecule has 1 nitrogen and oxygen atoms in total. The summed E-state index contributed by atoms with van der Waals surface area (Å²) in [6, 6.07) is 5.88. The lowest BCUT2D eigenvalue weighted by molar-refractivity contribution is -0.138. The first-order valence-corrected chi connectivity index (χ1v) is 5.71. The fourth-order valence-electron chi connectivity index (χ4n) is 2.49. The predicted octanol–water partition coefficient (Wildman–Crippen LogP) is 3.56. The lowest BCUT2D eigenvalue weighted by Gasteiger charge is -2.19. The number of hydrogen-bond donors (Lipinski definition) is 1. The predicted molar refractivity (Wildman–Crippen MR) is 60.9 cm³/mol. The van der Waals surface area contributed by atoms with Gasteiger partial charge < -0.3 is 5.32 Å². The molecule has 1 aliphatic heterocycles. The van der Waals surface area contributed by atoms with Gasteiger partial charge in [0.15, 0.2) is 0 Å². The van der Waals surface area contributed by atoms with Gasteiger partial charge in [-0.05, 0) is 37.8 Å². The first-order chi connectivity index (χ1) is 7.80. The van der Waals surface area contributed by atoms with Crippen LogP contribution in [0.1, 0.15) is 37.3 Å². The summed E-state index contributed by atoms with van der Waals surface area (Å²) in [6.07, 6.45) is -3.52. The normalized spacial score (nSPS) is 23.9. The molecule has 0 saturated carbocycles. The van der Waals surface area contributed by atoms with Gasteiger partial charge in [0.25, 0.3) is 0 Å². The van der Waals surface area contributed by atoms with Gasteiger partial charge in [-0.15, -0.1) is 0 Å². The smallest absolute Gasteiger partial charge is 0.311 e. The quantitative estimate of drug-likeness (QED) is 0.795. The maximum atomic E-state index is 12.9. The fourth-order valence-corrected chi connectivity index (χ4v) is 2.49. The zero-order chi connectivity index (χ0) is 12.7. The van der Waals surface area contributed by atoms with Crippen LogP contribution in [0.2, 0.25) is 0 Å². The highest BCUT2D eigenvalue weighted by atomic mass is 19.4. The molecule has 1 aromatic rings. The Kier molecular flexibility index (Phi) is 2.94. The number of rotatable bonds is 1. The Morgan fingerprint density at radius 3 is 2.41 bits per heavy atom. The molecule has 0 aliphatic carbocycles. The van der Waals surface area contributed by atoms with E-state index in [1.807, 2.05) is 13.8 Å². The summed E-state index contributed by atoms with van der Waals surface area (Å²) in [7, 11) is 0. The molecule has 1 N–H and O–H groups in total. The maximum Gasteiger partial charge on any atom is 0.416 e. The molecule has 0 aromatic heterocycles. The zero-order valence-electron chi connectivity index (χ0n) is 9.93. The second-order valence-corrected chi connectivity index (χ2v) is 5.25. The van der Waals surface area contributed by atoms with Crippen molar-refractivity contribution in [3.63, 3.8) is 0 Å². The Hall–Kier alpha value is -1.03. The van der Waals surface area contributed by atoms with Crippen LogP contribution in [0, 0.1) is 0 Å². The molecule has 1 saturated heterocycles. The Morgan fingerprint density at radius 2 is 1.88 bits per heavy atom. The third-order valence-corrected chi connectivity index (χ3v) is 3.29. The molecule has 1 unspecified atom stereocenters. The molecule has 0 bridgehead atoms. The van der Waals surface area contributed by atoms with Gasteiger partial charge in [0.2, 0.25) is 0 Å². The van der Waals surface area contributed by atoms with Crippen molar-refractivity contribution in [2.75, 3.05) is 6.54 Å². The Balaban J connectivity index is 2.34. The van der Waals surface area contributed by atoms with Gasteiger partial charge in [-0.1, -0.05) is 18.2 Å². The number of benzene rings is 1. The number of alkyl halides is 3. The average Bonchev–Trinajstić information content (AvgIpc) is 2.58. The van der Waals surface area contributed by atoms with E-state index in [2.05, 4.69) is 5.32 Å². The van der Waals surface area contributed by atoms with Crippen molar-refractivity contribution in [2.45, 2.75) is 37.9 Å². The average molecular weight is 243 g/mol. The third kappa shape index (κ3) is 2.63. The highest BCUT2D eigenvalue weighted by Crippen LogP contribution is 2.39. The van der Waals surface area contributed by atoms with Gasteiger partial charge in [-0.25, -0.2) is 0 Å². The lowest BCUT2D eigenvalue weighted by Crippen LogP contribution is -2.31. The van der Waals surface area contributed by atoms with Gasteiger partial charge in [0.1, 0.15) is 0 Å². The van der Waals surface area contributed by atoms with Crippen molar-refractivity contribution in [3.05, 3.63) is 35.4 Å². The Labute approximate surface area is 99.0 Å². The van der Waals surface area contributed by atoms with E-state index in [1.165, 1.54) is 12.1 Å². The third-order valence-electron chi connectivity index (χ3n) is 3.29. The summed E-state index contributed by atoms with van der Waals surface area (Å²) in [4.78, 5) is 0. The van der Waals surface area contributed by atoms with Crippen LogP contribution in [0.5, 0.6) is 0 Å². The highest BCUT2D eigenvalue weighted by molar-refractivity contribution is 5.34. The van der Waals surface area contributed by atoms with E-state index < -0.39 is 11.7 Å². The molecule has 1 heterocycles. The van der Waals surface area contributed by atoms with E-state index in [1.54, 1.807) is 12.1 Å². The van der Waals surface area contributed by atoms with Crippen LogP contribution in [0.3, 0.4) is 0 Å². The van der Waals surface area contributed by atoms with Gasteiger partial charge in [-0.3, -0.25) is 0 Å². The maximum absolute atomic E-state index is 12.9. The summed E-state index contributed by atoms with van der Waals surface area (Å²) >= 11 is 0. The molecule has 94 valence electrons. The van der Waals surface area contributed by atoms with Crippen LogP contribution in [-0.4, -0.2) is 12.1 Å². The van der Waals surface area contributed by atoms with Crippen LogP contribution >= 0.6 is 0 Å². The standard InChI is InChI=1S/C13H16F3N/c1-12(2)7-9(8-17-12)10-5-3-4-6-11(10)13(14,15)16/h3-6,9,17H,7-8H2,1-2H3. The first kappa shape index (κ1) is 12.4. The minimum Gasteiger partial charge on any atom is -0.311 e. The van der Waals surface area contributed by atoms with Gasteiger partial charge in [0.05, 0.1) is 5.56 Å². The van der Waals surface area contributed by atoms with Crippen LogP contribution in [-0.2, 0) is 6.18 Å². The van der Waals surface area contributed by atoms with Crippen molar-refractivity contribution >= 4 is 0 Å². The summed E-state index contributed by atoms with van der Waals surface area (Å²) < 4.78 is 38.6. The highest BCUT2D eigenvalue weighted by Gasteiger charge is 2.38. The monoisotopic (exact) mass is 243 g/mol. The molecule has 0 spiro atoms. The molecule has 2 rings (SSSR count). The molecule has 17 heavy (non-hydrogen) atoms. The van der Waals surface area contributed by atoms with Crippen LogP contribution in [0.25, 0.3) is 0 Å². The summed E-state index contributed by atoms with van der Waals surface area (Å²) in [5.74, 6) is -0.0529. The van der Waals surface area contributed by atoms with Gasteiger partial charge >= 0.3 is 6.18 Å². The first-order valence-electron chi connectivity index (χ1n) is 5.71. The van der Waals surface area contributed by atoms with Crippen molar-refractivity contribution in [3.8, 4) is 0 Å². The molecular formula is C13H16F3N. The molecule has 1 aliphatic rings. The zero-order valence-corrected chi connectivity index (χ0v) is 9.93. The molecular weight excluding hydrogens is 227 g/mol. The molecule has 1 fully saturated rings. The van der Waals surface area contributed by atoms with E-state index in [0.29, 0.717) is 12.1 Å². The summed E-state index contributed by atoms with van der Waals surface area (Å²) in [5, 5.41) is 3.26.